The van der Waals surface area contributed by atoms with E-state index in [1.165, 1.54) is 18.5 Å². The number of carbonyl (C=O) groups excluding carboxylic acids is 1. The molecule has 110 valence electrons. The molecule has 0 amide bonds. The van der Waals surface area contributed by atoms with Crippen LogP contribution >= 0.6 is 0 Å². The van der Waals surface area contributed by atoms with Gasteiger partial charge in [0.15, 0.2) is 12.0 Å². The fraction of sp³-hybridized carbons (Fsp3) is 0.400. The Kier molecular flexibility index (Phi) is 3.96. The van der Waals surface area contributed by atoms with E-state index in [2.05, 4.69) is 27.3 Å². The van der Waals surface area contributed by atoms with E-state index in [-0.39, 0.29) is 0 Å². The highest BCUT2D eigenvalue weighted by atomic mass is 16.5. The van der Waals surface area contributed by atoms with E-state index < -0.39 is 0 Å². The maximum absolute atomic E-state index is 11.0. The van der Waals surface area contributed by atoms with Crippen molar-refractivity contribution in [3.8, 4) is 5.69 Å². The van der Waals surface area contributed by atoms with Crippen LogP contribution in [0.15, 0.2) is 24.3 Å². The maximum atomic E-state index is 11.0. The predicted octanol–water partition coefficient (Wildman–Crippen LogP) is 1.83. The molecule has 21 heavy (non-hydrogen) atoms. The Bertz CT molecular complexity index is 615. The van der Waals surface area contributed by atoms with Crippen molar-refractivity contribution in [1.29, 1.82) is 0 Å². The molecular formula is C15H18N4O2. The van der Waals surface area contributed by atoms with Crippen LogP contribution in [0, 0.1) is 0 Å². The number of methoxy groups -OCH3 is 1. The van der Waals surface area contributed by atoms with Crippen molar-refractivity contribution < 1.29 is 9.53 Å². The number of anilines is 1. The minimum atomic E-state index is 0.301. The van der Waals surface area contributed by atoms with Crippen LogP contribution in [-0.4, -0.2) is 41.5 Å². The van der Waals surface area contributed by atoms with Gasteiger partial charge in [-0.05, 0) is 37.1 Å². The molecule has 0 saturated carbocycles. The lowest BCUT2D eigenvalue weighted by molar-refractivity contribution is 0.111. The van der Waals surface area contributed by atoms with Crippen molar-refractivity contribution in [2.45, 2.75) is 19.4 Å². The van der Waals surface area contributed by atoms with Gasteiger partial charge < -0.3 is 9.64 Å². The van der Waals surface area contributed by atoms with Gasteiger partial charge in [0, 0.05) is 25.9 Å². The average molecular weight is 286 g/mol. The van der Waals surface area contributed by atoms with Crippen LogP contribution in [0.1, 0.15) is 29.0 Å². The van der Waals surface area contributed by atoms with Crippen LogP contribution in [0.25, 0.3) is 5.69 Å². The van der Waals surface area contributed by atoms with E-state index in [1.807, 2.05) is 12.1 Å². The van der Waals surface area contributed by atoms with E-state index in [0.29, 0.717) is 24.3 Å². The van der Waals surface area contributed by atoms with Gasteiger partial charge in [0.2, 0.25) is 0 Å². The van der Waals surface area contributed by atoms with Gasteiger partial charge in [-0.25, -0.2) is 4.68 Å². The van der Waals surface area contributed by atoms with Crippen molar-refractivity contribution in [2.24, 2.45) is 0 Å². The van der Waals surface area contributed by atoms with Crippen LogP contribution in [0.2, 0.25) is 0 Å². The molecule has 1 aliphatic rings. The summed E-state index contributed by atoms with van der Waals surface area (Å²) in [5.41, 5.74) is 3.09. The molecule has 3 rings (SSSR count). The van der Waals surface area contributed by atoms with Crippen molar-refractivity contribution in [1.82, 2.24) is 15.0 Å². The van der Waals surface area contributed by atoms with E-state index in [4.69, 9.17) is 4.74 Å². The van der Waals surface area contributed by atoms with E-state index in [9.17, 15) is 4.79 Å². The first-order valence-corrected chi connectivity index (χ1v) is 7.07. The SMILES string of the molecule is COCc1c(C=O)nnn1-c1ccc(N2CCCC2)cc1. The summed E-state index contributed by atoms with van der Waals surface area (Å²) in [6.07, 6.45) is 3.22. The third-order valence-electron chi connectivity index (χ3n) is 3.75. The molecule has 2 heterocycles. The van der Waals surface area contributed by atoms with Gasteiger partial charge in [-0.1, -0.05) is 5.21 Å². The number of carbonyl (C=O) groups is 1. The molecule has 0 N–H and O–H groups in total. The number of hydrogen-bond acceptors (Lipinski definition) is 5. The molecule has 0 bridgehead atoms. The third-order valence-corrected chi connectivity index (χ3v) is 3.75. The smallest absolute Gasteiger partial charge is 0.172 e. The molecule has 1 saturated heterocycles. The van der Waals surface area contributed by atoms with Gasteiger partial charge in [0.05, 0.1) is 12.3 Å². The Morgan fingerprint density at radius 3 is 2.48 bits per heavy atom. The van der Waals surface area contributed by atoms with Crippen LogP contribution in [0.3, 0.4) is 0 Å². The zero-order chi connectivity index (χ0) is 14.7. The minimum absolute atomic E-state index is 0.301. The second-order valence-electron chi connectivity index (χ2n) is 5.09. The van der Waals surface area contributed by atoms with E-state index in [1.54, 1.807) is 11.8 Å². The van der Waals surface area contributed by atoms with Crippen molar-refractivity contribution in [2.75, 3.05) is 25.1 Å². The number of rotatable bonds is 5. The van der Waals surface area contributed by atoms with Gasteiger partial charge >= 0.3 is 0 Å². The number of aromatic nitrogens is 3. The Hall–Kier alpha value is -2.21. The number of ether oxygens (including phenoxy) is 1. The normalized spacial score (nSPS) is 14.6. The first-order valence-electron chi connectivity index (χ1n) is 7.07. The Morgan fingerprint density at radius 1 is 1.19 bits per heavy atom. The van der Waals surface area contributed by atoms with Crippen molar-refractivity contribution >= 4 is 12.0 Å². The molecule has 2 aromatic rings. The third kappa shape index (κ3) is 2.67. The summed E-state index contributed by atoms with van der Waals surface area (Å²) in [5.74, 6) is 0. The van der Waals surface area contributed by atoms with E-state index >= 15 is 0 Å². The fourth-order valence-corrected chi connectivity index (χ4v) is 2.66. The Labute approximate surface area is 123 Å². The van der Waals surface area contributed by atoms with Crippen molar-refractivity contribution in [3.63, 3.8) is 0 Å². The molecule has 0 spiro atoms. The van der Waals surface area contributed by atoms with Crippen molar-refractivity contribution in [3.05, 3.63) is 35.7 Å². The Balaban J connectivity index is 1.89. The number of aldehydes is 1. The highest BCUT2D eigenvalue weighted by molar-refractivity contribution is 5.73. The molecule has 0 aliphatic carbocycles. The van der Waals surface area contributed by atoms with Crippen LogP contribution < -0.4 is 4.90 Å². The van der Waals surface area contributed by atoms with Gasteiger partial charge in [-0.15, -0.1) is 5.10 Å². The van der Waals surface area contributed by atoms with Gasteiger partial charge in [-0.2, -0.15) is 0 Å². The summed E-state index contributed by atoms with van der Waals surface area (Å²) >= 11 is 0. The summed E-state index contributed by atoms with van der Waals surface area (Å²) in [6.45, 7) is 2.54. The first kappa shape index (κ1) is 13.8. The zero-order valence-corrected chi connectivity index (χ0v) is 12.0. The second-order valence-corrected chi connectivity index (χ2v) is 5.09. The van der Waals surface area contributed by atoms with Crippen LogP contribution in [0.4, 0.5) is 5.69 Å². The summed E-state index contributed by atoms with van der Waals surface area (Å²) in [7, 11) is 1.59. The summed E-state index contributed by atoms with van der Waals surface area (Å²) in [5, 5.41) is 7.93. The summed E-state index contributed by atoms with van der Waals surface area (Å²) in [6, 6.07) is 8.16. The lowest BCUT2D eigenvalue weighted by atomic mass is 10.2. The highest BCUT2D eigenvalue weighted by Crippen LogP contribution is 2.22. The van der Waals surface area contributed by atoms with Gasteiger partial charge in [0.1, 0.15) is 5.69 Å². The monoisotopic (exact) mass is 286 g/mol. The Morgan fingerprint density at radius 2 is 1.86 bits per heavy atom. The lowest BCUT2D eigenvalue weighted by Crippen LogP contribution is -2.17. The molecule has 1 aromatic carbocycles. The summed E-state index contributed by atoms with van der Waals surface area (Å²) < 4.78 is 6.78. The van der Waals surface area contributed by atoms with Gasteiger partial charge in [-0.3, -0.25) is 4.79 Å². The summed E-state index contributed by atoms with van der Waals surface area (Å²) in [4.78, 5) is 13.4. The topological polar surface area (TPSA) is 60.2 Å². The van der Waals surface area contributed by atoms with Crippen LogP contribution in [-0.2, 0) is 11.3 Å². The molecule has 0 radical (unpaired) electrons. The molecule has 0 unspecified atom stereocenters. The van der Waals surface area contributed by atoms with E-state index in [0.717, 1.165) is 18.8 Å². The fourth-order valence-electron chi connectivity index (χ4n) is 2.66. The molecule has 6 heteroatoms. The first-order chi connectivity index (χ1) is 10.3. The quantitative estimate of drug-likeness (QED) is 0.785. The molecule has 0 atom stereocenters. The highest BCUT2D eigenvalue weighted by Gasteiger charge is 2.15. The number of hydrogen-bond donors (Lipinski definition) is 0. The number of nitrogens with zero attached hydrogens (tertiary/aromatic N) is 4. The minimum Gasteiger partial charge on any atom is -0.378 e. The maximum Gasteiger partial charge on any atom is 0.172 e. The van der Waals surface area contributed by atoms with Crippen LogP contribution in [0.5, 0.6) is 0 Å². The number of benzene rings is 1. The molecule has 1 aromatic heterocycles. The van der Waals surface area contributed by atoms with Gasteiger partial charge in [0.25, 0.3) is 0 Å². The molecular weight excluding hydrogens is 268 g/mol. The molecule has 1 aliphatic heterocycles. The average Bonchev–Trinajstić information content (AvgIpc) is 3.17. The molecule has 1 fully saturated rings. The zero-order valence-electron chi connectivity index (χ0n) is 12.0. The molecule has 6 nitrogen and oxygen atoms in total. The lowest BCUT2D eigenvalue weighted by Gasteiger charge is -2.17. The second kappa shape index (κ2) is 6.05. The predicted molar refractivity (Wildman–Crippen MR) is 78.9 cm³/mol. The largest absolute Gasteiger partial charge is 0.378 e. The standard InChI is InChI=1S/C15H18N4O2/c1-21-11-15-14(10-20)16-17-19(15)13-6-4-12(5-7-13)18-8-2-3-9-18/h4-7,10H,2-3,8-9,11H2,1H3.